The van der Waals surface area contributed by atoms with Gasteiger partial charge in [0.25, 0.3) is 0 Å². The van der Waals surface area contributed by atoms with E-state index in [9.17, 15) is 8.42 Å². The topological polar surface area (TPSA) is 58.2 Å². The van der Waals surface area contributed by atoms with Crippen molar-refractivity contribution in [1.29, 1.82) is 0 Å². The summed E-state index contributed by atoms with van der Waals surface area (Å²) in [7, 11) is -3.44. The highest BCUT2D eigenvalue weighted by atomic mass is 32.2. The number of anilines is 1. The van der Waals surface area contributed by atoms with Crippen LogP contribution >= 0.6 is 0 Å². The highest BCUT2D eigenvalue weighted by molar-refractivity contribution is 7.89. The van der Waals surface area contributed by atoms with E-state index < -0.39 is 10.0 Å². The Kier molecular flexibility index (Phi) is 3.64. The number of benzene rings is 1. The Labute approximate surface area is 109 Å². The molecular formula is C13H20N2O2S. The predicted molar refractivity (Wildman–Crippen MR) is 73.1 cm³/mol. The molecule has 100 valence electrons. The van der Waals surface area contributed by atoms with E-state index in [2.05, 4.69) is 17.0 Å². The standard InChI is InChI=1S/C13H20N2O2S/c1-9(2)15-18(16,17)13-7-5-4-6-11(13)14-12-8-10(12)3/h4-7,9-10,12,14-15H,8H2,1-3H3. The molecule has 0 saturated heterocycles. The van der Waals surface area contributed by atoms with E-state index >= 15 is 0 Å². The molecule has 1 saturated carbocycles. The summed E-state index contributed by atoms with van der Waals surface area (Å²) in [6.45, 7) is 5.79. The lowest BCUT2D eigenvalue weighted by Crippen LogP contribution is -2.30. The number of nitrogens with one attached hydrogen (secondary N) is 2. The van der Waals surface area contributed by atoms with E-state index in [-0.39, 0.29) is 6.04 Å². The molecule has 0 spiro atoms. The molecule has 5 heteroatoms. The summed E-state index contributed by atoms with van der Waals surface area (Å²) < 4.78 is 27.0. The maximum Gasteiger partial charge on any atom is 0.242 e. The van der Waals surface area contributed by atoms with Crippen LogP contribution in [0.4, 0.5) is 5.69 Å². The van der Waals surface area contributed by atoms with Gasteiger partial charge in [0.05, 0.1) is 5.69 Å². The van der Waals surface area contributed by atoms with Gasteiger partial charge in [0.1, 0.15) is 4.90 Å². The molecule has 1 aliphatic carbocycles. The SMILES string of the molecule is CC(C)NS(=O)(=O)c1ccccc1NC1CC1C. The largest absolute Gasteiger partial charge is 0.381 e. The first-order chi connectivity index (χ1) is 8.40. The van der Waals surface area contributed by atoms with Gasteiger partial charge in [-0.3, -0.25) is 0 Å². The molecule has 18 heavy (non-hydrogen) atoms. The molecule has 0 radical (unpaired) electrons. The third-order valence-electron chi connectivity index (χ3n) is 3.02. The second-order valence-corrected chi connectivity index (χ2v) is 6.92. The molecule has 1 aromatic rings. The van der Waals surface area contributed by atoms with E-state index in [0.29, 0.717) is 22.5 Å². The Hall–Kier alpha value is -1.07. The van der Waals surface area contributed by atoms with E-state index in [1.807, 2.05) is 26.0 Å². The molecule has 2 atom stereocenters. The molecule has 0 aromatic heterocycles. The number of rotatable bonds is 5. The Morgan fingerprint density at radius 3 is 2.44 bits per heavy atom. The van der Waals surface area contributed by atoms with Gasteiger partial charge >= 0.3 is 0 Å². The lowest BCUT2D eigenvalue weighted by Gasteiger charge is -2.14. The summed E-state index contributed by atoms with van der Waals surface area (Å²) >= 11 is 0. The van der Waals surface area contributed by atoms with Gasteiger partial charge in [-0.25, -0.2) is 13.1 Å². The van der Waals surface area contributed by atoms with Crippen molar-refractivity contribution in [2.24, 2.45) is 5.92 Å². The molecule has 4 nitrogen and oxygen atoms in total. The van der Waals surface area contributed by atoms with Crippen molar-refractivity contribution >= 4 is 15.7 Å². The van der Waals surface area contributed by atoms with E-state index in [4.69, 9.17) is 0 Å². The molecule has 1 aliphatic rings. The summed E-state index contributed by atoms with van der Waals surface area (Å²) in [6, 6.07) is 7.35. The Bertz CT molecular complexity index is 526. The van der Waals surface area contributed by atoms with Crippen LogP contribution in [-0.2, 0) is 10.0 Å². The van der Waals surface area contributed by atoms with Crippen molar-refractivity contribution in [2.75, 3.05) is 5.32 Å². The third-order valence-corrected chi connectivity index (χ3v) is 4.73. The minimum Gasteiger partial charge on any atom is -0.381 e. The van der Waals surface area contributed by atoms with Gasteiger partial charge in [0.2, 0.25) is 10.0 Å². The number of para-hydroxylation sites is 1. The van der Waals surface area contributed by atoms with Crippen LogP contribution in [0.25, 0.3) is 0 Å². The third kappa shape index (κ3) is 3.03. The summed E-state index contributed by atoms with van der Waals surface area (Å²) in [5.41, 5.74) is 0.694. The van der Waals surface area contributed by atoms with Crippen LogP contribution in [0.3, 0.4) is 0 Å². The van der Waals surface area contributed by atoms with Crippen molar-refractivity contribution < 1.29 is 8.42 Å². The zero-order valence-electron chi connectivity index (χ0n) is 11.0. The fraction of sp³-hybridized carbons (Fsp3) is 0.538. The normalized spacial score (nSPS) is 23.1. The highest BCUT2D eigenvalue weighted by Gasteiger charge is 2.33. The maximum absolute atomic E-state index is 12.2. The minimum atomic E-state index is -3.44. The second kappa shape index (κ2) is 4.90. The van der Waals surface area contributed by atoms with Crippen molar-refractivity contribution in [3.05, 3.63) is 24.3 Å². The van der Waals surface area contributed by atoms with E-state index in [0.717, 1.165) is 6.42 Å². The van der Waals surface area contributed by atoms with Gasteiger partial charge in [-0.15, -0.1) is 0 Å². The fourth-order valence-corrected chi connectivity index (χ4v) is 3.34. The summed E-state index contributed by atoms with van der Waals surface area (Å²) in [4.78, 5) is 0.331. The van der Waals surface area contributed by atoms with Crippen LogP contribution in [-0.4, -0.2) is 20.5 Å². The summed E-state index contributed by atoms with van der Waals surface area (Å²) in [5.74, 6) is 0.624. The van der Waals surface area contributed by atoms with Crippen molar-refractivity contribution in [3.63, 3.8) is 0 Å². The average molecular weight is 268 g/mol. The molecule has 0 bridgehead atoms. The predicted octanol–water partition coefficient (Wildman–Crippen LogP) is 2.19. The second-order valence-electron chi connectivity index (χ2n) is 5.24. The molecule has 0 heterocycles. The average Bonchev–Trinajstić information content (AvgIpc) is 2.93. The molecule has 0 aliphatic heterocycles. The quantitative estimate of drug-likeness (QED) is 0.860. The smallest absolute Gasteiger partial charge is 0.242 e. The van der Waals surface area contributed by atoms with Crippen LogP contribution in [0.1, 0.15) is 27.2 Å². The zero-order chi connectivity index (χ0) is 13.3. The van der Waals surface area contributed by atoms with Gasteiger partial charge in [-0.1, -0.05) is 19.1 Å². The Morgan fingerprint density at radius 2 is 1.89 bits per heavy atom. The van der Waals surface area contributed by atoms with Crippen LogP contribution in [0.15, 0.2) is 29.2 Å². The van der Waals surface area contributed by atoms with E-state index in [1.165, 1.54) is 0 Å². The fourth-order valence-electron chi connectivity index (χ4n) is 1.92. The first-order valence-corrected chi connectivity index (χ1v) is 7.76. The monoisotopic (exact) mass is 268 g/mol. The first-order valence-electron chi connectivity index (χ1n) is 6.28. The molecule has 0 amide bonds. The molecular weight excluding hydrogens is 248 g/mol. The van der Waals surface area contributed by atoms with Crippen molar-refractivity contribution in [3.8, 4) is 0 Å². The van der Waals surface area contributed by atoms with Crippen LogP contribution < -0.4 is 10.0 Å². The van der Waals surface area contributed by atoms with Gasteiger partial charge in [-0.05, 0) is 38.3 Å². The molecule has 2 rings (SSSR count). The van der Waals surface area contributed by atoms with Gasteiger partial charge in [-0.2, -0.15) is 0 Å². The van der Waals surface area contributed by atoms with Crippen molar-refractivity contribution in [1.82, 2.24) is 4.72 Å². The lowest BCUT2D eigenvalue weighted by atomic mass is 10.3. The minimum absolute atomic E-state index is 0.108. The zero-order valence-corrected chi connectivity index (χ0v) is 11.8. The maximum atomic E-state index is 12.2. The molecule has 2 N–H and O–H groups in total. The molecule has 1 aromatic carbocycles. The number of hydrogen-bond donors (Lipinski definition) is 2. The van der Waals surface area contributed by atoms with Gasteiger partial charge in [0.15, 0.2) is 0 Å². The Balaban J connectivity index is 2.26. The van der Waals surface area contributed by atoms with Crippen LogP contribution in [0.2, 0.25) is 0 Å². The van der Waals surface area contributed by atoms with Crippen LogP contribution in [0, 0.1) is 5.92 Å². The summed E-state index contributed by atoms with van der Waals surface area (Å²) in [5, 5.41) is 3.29. The van der Waals surface area contributed by atoms with Gasteiger partial charge in [0, 0.05) is 12.1 Å². The molecule has 2 unspecified atom stereocenters. The van der Waals surface area contributed by atoms with E-state index in [1.54, 1.807) is 12.1 Å². The molecule has 1 fully saturated rings. The highest BCUT2D eigenvalue weighted by Crippen LogP contribution is 2.34. The van der Waals surface area contributed by atoms with Gasteiger partial charge < -0.3 is 5.32 Å². The Morgan fingerprint density at radius 1 is 1.28 bits per heavy atom. The summed E-state index contributed by atoms with van der Waals surface area (Å²) in [6.07, 6.45) is 1.10. The number of hydrogen-bond acceptors (Lipinski definition) is 3. The first kappa shape index (κ1) is 13.4. The number of sulfonamides is 1. The lowest BCUT2D eigenvalue weighted by molar-refractivity contribution is 0.570. The van der Waals surface area contributed by atoms with Crippen LogP contribution in [0.5, 0.6) is 0 Å². The van der Waals surface area contributed by atoms with Crippen molar-refractivity contribution in [2.45, 2.75) is 44.2 Å².